The van der Waals surface area contributed by atoms with Gasteiger partial charge in [-0.3, -0.25) is 9.89 Å². The monoisotopic (exact) mass is 263 g/mol. The number of H-pyrrole nitrogens is 1. The molecule has 1 saturated carbocycles. The van der Waals surface area contributed by atoms with Gasteiger partial charge >= 0.3 is 0 Å². The SMILES string of the molecule is CCC1CCCCC1NC(=O)c1cc(C(C)C)[nH]n1. The number of aromatic nitrogens is 2. The third-order valence-electron chi connectivity index (χ3n) is 4.20. The largest absolute Gasteiger partial charge is 0.348 e. The van der Waals surface area contributed by atoms with E-state index in [1.165, 1.54) is 19.3 Å². The van der Waals surface area contributed by atoms with Crippen molar-refractivity contribution in [3.63, 3.8) is 0 Å². The Hall–Kier alpha value is -1.32. The molecule has 1 heterocycles. The van der Waals surface area contributed by atoms with E-state index in [0.717, 1.165) is 18.5 Å². The van der Waals surface area contributed by atoms with Gasteiger partial charge < -0.3 is 5.32 Å². The molecule has 1 amide bonds. The molecule has 0 radical (unpaired) electrons. The Labute approximate surface area is 115 Å². The maximum absolute atomic E-state index is 12.2. The van der Waals surface area contributed by atoms with Gasteiger partial charge in [0.2, 0.25) is 0 Å². The summed E-state index contributed by atoms with van der Waals surface area (Å²) in [4.78, 5) is 12.2. The van der Waals surface area contributed by atoms with Crippen LogP contribution in [0.2, 0.25) is 0 Å². The summed E-state index contributed by atoms with van der Waals surface area (Å²) in [5.74, 6) is 0.960. The summed E-state index contributed by atoms with van der Waals surface area (Å²) in [6.07, 6.45) is 6.00. The highest BCUT2D eigenvalue weighted by Gasteiger charge is 2.26. The number of aromatic amines is 1. The fraction of sp³-hybridized carbons (Fsp3) is 0.733. The average Bonchev–Trinajstić information content (AvgIpc) is 2.89. The number of hydrogen-bond acceptors (Lipinski definition) is 2. The minimum absolute atomic E-state index is 0.0338. The van der Waals surface area contributed by atoms with Gasteiger partial charge in [-0.25, -0.2) is 0 Å². The lowest BCUT2D eigenvalue weighted by Gasteiger charge is -2.31. The van der Waals surface area contributed by atoms with E-state index in [1.807, 2.05) is 6.07 Å². The molecule has 2 unspecified atom stereocenters. The molecule has 4 nitrogen and oxygen atoms in total. The number of nitrogens with one attached hydrogen (secondary N) is 2. The summed E-state index contributed by atoms with van der Waals surface area (Å²) in [6, 6.07) is 2.19. The first-order chi connectivity index (χ1) is 9.11. The van der Waals surface area contributed by atoms with Crippen molar-refractivity contribution in [2.45, 2.75) is 64.8 Å². The standard InChI is InChI=1S/C15H25N3O/c1-4-11-7-5-6-8-12(11)16-15(19)14-9-13(10(2)3)17-18-14/h9-12H,4-8H2,1-3H3,(H,16,19)(H,17,18). The van der Waals surface area contributed by atoms with Crippen molar-refractivity contribution in [3.8, 4) is 0 Å². The van der Waals surface area contributed by atoms with Gasteiger partial charge in [0.1, 0.15) is 5.69 Å². The molecule has 2 atom stereocenters. The number of rotatable bonds is 4. The summed E-state index contributed by atoms with van der Waals surface area (Å²) in [7, 11) is 0. The van der Waals surface area contributed by atoms with Gasteiger partial charge in [0.05, 0.1) is 0 Å². The number of carbonyl (C=O) groups excluding carboxylic acids is 1. The van der Waals surface area contributed by atoms with Gasteiger partial charge in [0, 0.05) is 11.7 Å². The van der Waals surface area contributed by atoms with Crippen molar-refractivity contribution in [1.82, 2.24) is 15.5 Å². The molecule has 1 aromatic heterocycles. The van der Waals surface area contributed by atoms with Crippen LogP contribution in [-0.2, 0) is 0 Å². The molecular weight excluding hydrogens is 238 g/mol. The summed E-state index contributed by atoms with van der Waals surface area (Å²) >= 11 is 0. The molecule has 2 N–H and O–H groups in total. The van der Waals surface area contributed by atoms with Crippen molar-refractivity contribution < 1.29 is 4.79 Å². The van der Waals surface area contributed by atoms with E-state index in [4.69, 9.17) is 0 Å². The molecule has 0 bridgehead atoms. The van der Waals surface area contributed by atoms with Crippen LogP contribution in [0.1, 0.15) is 75.0 Å². The second kappa shape index (κ2) is 6.22. The van der Waals surface area contributed by atoms with Crippen LogP contribution in [0.25, 0.3) is 0 Å². The number of hydrogen-bond donors (Lipinski definition) is 2. The van der Waals surface area contributed by atoms with Crippen LogP contribution in [0.15, 0.2) is 6.07 Å². The van der Waals surface area contributed by atoms with E-state index in [2.05, 4.69) is 36.3 Å². The van der Waals surface area contributed by atoms with E-state index in [1.54, 1.807) is 0 Å². The van der Waals surface area contributed by atoms with Crippen LogP contribution < -0.4 is 5.32 Å². The molecule has 4 heteroatoms. The second-order valence-electron chi connectivity index (χ2n) is 5.90. The van der Waals surface area contributed by atoms with Crippen molar-refractivity contribution >= 4 is 5.91 Å². The third-order valence-corrected chi connectivity index (χ3v) is 4.20. The lowest BCUT2D eigenvalue weighted by molar-refractivity contribution is 0.0899. The first-order valence-corrected chi connectivity index (χ1v) is 7.48. The Morgan fingerprint density at radius 1 is 1.47 bits per heavy atom. The predicted octanol–water partition coefficient (Wildman–Crippen LogP) is 3.23. The fourth-order valence-electron chi connectivity index (χ4n) is 2.88. The highest BCUT2D eigenvalue weighted by Crippen LogP contribution is 2.27. The Bertz CT molecular complexity index is 425. The van der Waals surface area contributed by atoms with Crippen molar-refractivity contribution in [2.24, 2.45) is 5.92 Å². The molecule has 0 aliphatic heterocycles. The lowest BCUT2D eigenvalue weighted by Crippen LogP contribution is -2.42. The normalized spacial score (nSPS) is 23.6. The number of nitrogens with zero attached hydrogens (tertiary/aromatic N) is 1. The molecule has 1 fully saturated rings. The Balaban J connectivity index is 1.99. The maximum Gasteiger partial charge on any atom is 0.272 e. The van der Waals surface area contributed by atoms with Crippen LogP contribution in [0.5, 0.6) is 0 Å². The molecular formula is C15H25N3O. The predicted molar refractivity (Wildman–Crippen MR) is 76.2 cm³/mol. The van der Waals surface area contributed by atoms with Crippen LogP contribution in [0.4, 0.5) is 0 Å². The number of amides is 1. The average molecular weight is 263 g/mol. The molecule has 0 aromatic carbocycles. The van der Waals surface area contributed by atoms with Crippen LogP contribution in [0, 0.1) is 5.92 Å². The van der Waals surface area contributed by atoms with Crippen molar-refractivity contribution in [1.29, 1.82) is 0 Å². The number of carbonyl (C=O) groups is 1. The van der Waals surface area contributed by atoms with E-state index in [9.17, 15) is 4.79 Å². The first kappa shape index (κ1) is 14.1. The molecule has 1 aromatic rings. The summed E-state index contributed by atoms with van der Waals surface area (Å²) in [5, 5.41) is 10.2. The van der Waals surface area contributed by atoms with E-state index in [-0.39, 0.29) is 5.91 Å². The summed E-state index contributed by atoms with van der Waals surface area (Å²) < 4.78 is 0. The smallest absolute Gasteiger partial charge is 0.272 e. The van der Waals surface area contributed by atoms with Gasteiger partial charge in [0.25, 0.3) is 5.91 Å². The highest BCUT2D eigenvalue weighted by molar-refractivity contribution is 5.92. The van der Waals surface area contributed by atoms with Gasteiger partial charge in [-0.2, -0.15) is 5.10 Å². The highest BCUT2D eigenvalue weighted by atomic mass is 16.2. The zero-order valence-corrected chi connectivity index (χ0v) is 12.2. The molecule has 0 saturated heterocycles. The maximum atomic E-state index is 12.2. The first-order valence-electron chi connectivity index (χ1n) is 7.48. The third kappa shape index (κ3) is 3.37. The van der Waals surface area contributed by atoms with Crippen molar-refractivity contribution in [3.05, 3.63) is 17.5 Å². The molecule has 106 valence electrons. The molecule has 2 rings (SSSR count). The summed E-state index contributed by atoms with van der Waals surface area (Å²) in [6.45, 7) is 6.38. The zero-order valence-electron chi connectivity index (χ0n) is 12.2. The Kier molecular flexibility index (Phi) is 4.61. The van der Waals surface area contributed by atoms with E-state index >= 15 is 0 Å². The molecule has 1 aliphatic carbocycles. The lowest BCUT2D eigenvalue weighted by atomic mass is 9.83. The molecule has 0 spiro atoms. The second-order valence-corrected chi connectivity index (χ2v) is 5.90. The quantitative estimate of drug-likeness (QED) is 0.876. The van der Waals surface area contributed by atoms with Gasteiger partial charge in [-0.05, 0) is 30.7 Å². The van der Waals surface area contributed by atoms with Crippen LogP contribution in [0.3, 0.4) is 0 Å². The molecule has 1 aliphatic rings. The summed E-state index contributed by atoms with van der Waals surface area (Å²) in [5.41, 5.74) is 1.53. The Morgan fingerprint density at radius 3 is 2.84 bits per heavy atom. The van der Waals surface area contributed by atoms with Gasteiger partial charge in [0.15, 0.2) is 0 Å². The zero-order chi connectivity index (χ0) is 13.8. The van der Waals surface area contributed by atoms with Crippen molar-refractivity contribution in [2.75, 3.05) is 0 Å². The minimum Gasteiger partial charge on any atom is -0.348 e. The van der Waals surface area contributed by atoms with Crippen LogP contribution in [-0.4, -0.2) is 22.1 Å². The minimum atomic E-state index is -0.0338. The fourth-order valence-corrected chi connectivity index (χ4v) is 2.88. The van der Waals surface area contributed by atoms with Crippen LogP contribution >= 0.6 is 0 Å². The van der Waals surface area contributed by atoms with E-state index < -0.39 is 0 Å². The molecule has 19 heavy (non-hydrogen) atoms. The van der Waals surface area contributed by atoms with E-state index in [0.29, 0.717) is 23.6 Å². The van der Waals surface area contributed by atoms with Gasteiger partial charge in [-0.1, -0.05) is 40.0 Å². The Morgan fingerprint density at radius 2 is 2.21 bits per heavy atom. The van der Waals surface area contributed by atoms with Gasteiger partial charge in [-0.15, -0.1) is 0 Å². The topological polar surface area (TPSA) is 57.8 Å².